The Morgan fingerprint density at radius 3 is 2.50 bits per heavy atom. The summed E-state index contributed by atoms with van der Waals surface area (Å²) in [5.74, 6) is -0.140. The molecular formula is C17H27NO2. The predicted octanol–water partition coefficient (Wildman–Crippen LogP) is 3.76. The van der Waals surface area contributed by atoms with Crippen LogP contribution in [0.15, 0.2) is 24.3 Å². The fraction of sp³-hybridized carbons (Fsp3) is 0.588. The minimum Gasteiger partial charge on any atom is -0.469 e. The van der Waals surface area contributed by atoms with Gasteiger partial charge in [0.1, 0.15) is 0 Å². The second kappa shape index (κ2) is 9.54. The summed E-state index contributed by atoms with van der Waals surface area (Å²) in [5, 5.41) is 0. The third-order valence-electron chi connectivity index (χ3n) is 3.60. The Kier molecular flexibility index (Phi) is 7.97. The molecule has 1 unspecified atom stereocenters. The first-order valence-corrected chi connectivity index (χ1v) is 7.58. The molecule has 112 valence electrons. The summed E-state index contributed by atoms with van der Waals surface area (Å²) in [7, 11) is 1.42. The minimum absolute atomic E-state index is 0.0628. The van der Waals surface area contributed by atoms with Crippen LogP contribution >= 0.6 is 0 Å². The van der Waals surface area contributed by atoms with Gasteiger partial charge in [-0.1, -0.05) is 44.0 Å². The highest BCUT2D eigenvalue weighted by atomic mass is 16.5. The molecule has 0 saturated heterocycles. The van der Waals surface area contributed by atoms with E-state index in [2.05, 4.69) is 35.9 Å². The van der Waals surface area contributed by atoms with Crippen molar-refractivity contribution in [3.63, 3.8) is 0 Å². The molecule has 1 rings (SSSR count). The molecule has 20 heavy (non-hydrogen) atoms. The monoisotopic (exact) mass is 277 g/mol. The van der Waals surface area contributed by atoms with Gasteiger partial charge >= 0.3 is 5.97 Å². The number of rotatable bonds is 9. The van der Waals surface area contributed by atoms with E-state index in [4.69, 9.17) is 5.73 Å². The van der Waals surface area contributed by atoms with Crippen LogP contribution in [0.4, 0.5) is 0 Å². The Morgan fingerprint density at radius 2 is 1.90 bits per heavy atom. The van der Waals surface area contributed by atoms with Gasteiger partial charge < -0.3 is 10.5 Å². The van der Waals surface area contributed by atoms with Crippen molar-refractivity contribution in [3.8, 4) is 0 Å². The van der Waals surface area contributed by atoms with E-state index in [0.29, 0.717) is 6.42 Å². The van der Waals surface area contributed by atoms with Crippen molar-refractivity contribution < 1.29 is 9.53 Å². The van der Waals surface area contributed by atoms with Gasteiger partial charge in [0.2, 0.25) is 0 Å². The number of carbonyl (C=O) groups excluding carboxylic acids is 1. The molecule has 0 bridgehead atoms. The van der Waals surface area contributed by atoms with E-state index >= 15 is 0 Å². The molecule has 0 heterocycles. The van der Waals surface area contributed by atoms with Gasteiger partial charge in [-0.25, -0.2) is 0 Å². The molecule has 0 aliphatic rings. The van der Waals surface area contributed by atoms with Crippen molar-refractivity contribution in [1.82, 2.24) is 0 Å². The largest absolute Gasteiger partial charge is 0.469 e. The molecule has 0 aromatic heterocycles. The van der Waals surface area contributed by atoms with Crippen molar-refractivity contribution in [2.24, 2.45) is 5.73 Å². The minimum atomic E-state index is -0.140. The predicted molar refractivity (Wildman–Crippen MR) is 82.5 cm³/mol. The molecule has 1 aromatic carbocycles. The maximum atomic E-state index is 11.0. The molecule has 3 nitrogen and oxygen atoms in total. The highest BCUT2D eigenvalue weighted by Gasteiger charge is 2.07. The van der Waals surface area contributed by atoms with Crippen LogP contribution in [0.5, 0.6) is 0 Å². The average Bonchev–Trinajstić information content (AvgIpc) is 2.49. The number of hydrogen-bond acceptors (Lipinski definition) is 3. The van der Waals surface area contributed by atoms with Gasteiger partial charge in [0.05, 0.1) is 7.11 Å². The van der Waals surface area contributed by atoms with Crippen LogP contribution in [0, 0.1) is 0 Å². The van der Waals surface area contributed by atoms with Crippen LogP contribution in [-0.4, -0.2) is 13.1 Å². The molecule has 0 aliphatic heterocycles. The summed E-state index contributed by atoms with van der Waals surface area (Å²) < 4.78 is 4.62. The molecule has 0 spiro atoms. The van der Waals surface area contributed by atoms with Gasteiger partial charge in [-0.05, 0) is 36.8 Å². The summed E-state index contributed by atoms with van der Waals surface area (Å²) in [5.41, 5.74) is 8.74. The third kappa shape index (κ3) is 6.20. The van der Waals surface area contributed by atoms with Crippen molar-refractivity contribution in [2.75, 3.05) is 7.11 Å². The van der Waals surface area contributed by atoms with Gasteiger partial charge in [0.15, 0.2) is 0 Å². The molecule has 0 radical (unpaired) electrons. The standard InChI is InChI=1S/C17H27NO2/c1-3-4-7-14-10-12-15(13-11-14)16(18)8-5-6-9-17(19)20-2/h10-13,16H,3-9,18H2,1-2H3. The molecule has 1 aromatic rings. The SMILES string of the molecule is CCCCc1ccc(C(N)CCCCC(=O)OC)cc1. The fourth-order valence-corrected chi connectivity index (χ4v) is 2.21. The number of unbranched alkanes of at least 4 members (excludes halogenated alkanes) is 2. The lowest BCUT2D eigenvalue weighted by atomic mass is 9.99. The van der Waals surface area contributed by atoms with Gasteiger partial charge in [-0.2, -0.15) is 0 Å². The third-order valence-corrected chi connectivity index (χ3v) is 3.60. The summed E-state index contributed by atoms with van der Waals surface area (Å²) in [6.07, 6.45) is 6.79. The first kappa shape index (κ1) is 16.7. The Hall–Kier alpha value is -1.35. The van der Waals surface area contributed by atoms with E-state index in [0.717, 1.165) is 25.7 Å². The lowest BCUT2D eigenvalue weighted by molar-refractivity contribution is -0.140. The zero-order valence-corrected chi connectivity index (χ0v) is 12.7. The zero-order valence-electron chi connectivity index (χ0n) is 12.7. The number of hydrogen-bond donors (Lipinski definition) is 1. The molecule has 0 saturated carbocycles. The van der Waals surface area contributed by atoms with E-state index in [-0.39, 0.29) is 12.0 Å². The van der Waals surface area contributed by atoms with Crippen molar-refractivity contribution in [3.05, 3.63) is 35.4 Å². The van der Waals surface area contributed by atoms with Crippen molar-refractivity contribution in [2.45, 2.75) is 57.9 Å². The van der Waals surface area contributed by atoms with Crippen LogP contribution in [0.25, 0.3) is 0 Å². The lowest BCUT2D eigenvalue weighted by Gasteiger charge is -2.12. The maximum Gasteiger partial charge on any atom is 0.305 e. The number of benzene rings is 1. The average molecular weight is 277 g/mol. The zero-order chi connectivity index (χ0) is 14.8. The summed E-state index contributed by atoms with van der Waals surface area (Å²) >= 11 is 0. The molecule has 1 atom stereocenters. The maximum absolute atomic E-state index is 11.0. The van der Waals surface area contributed by atoms with E-state index in [9.17, 15) is 4.79 Å². The van der Waals surface area contributed by atoms with Crippen LogP contribution in [-0.2, 0) is 16.0 Å². The Bertz CT molecular complexity index is 386. The van der Waals surface area contributed by atoms with Crippen LogP contribution in [0.1, 0.15) is 62.6 Å². The van der Waals surface area contributed by atoms with E-state index in [1.807, 2.05) is 0 Å². The first-order chi connectivity index (χ1) is 9.67. The van der Waals surface area contributed by atoms with Gasteiger partial charge in [0, 0.05) is 12.5 Å². The van der Waals surface area contributed by atoms with Crippen molar-refractivity contribution >= 4 is 5.97 Å². The molecular weight excluding hydrogens is 250 g/mol. The summed E-state index contributed by atoms with van der Waals surface area (Å²) in [6, 6.07) is 8.69. The van der Waals surface area contributed by atoms with Crippen LogP contribution in [0.2, 0.25) is 0 Å². The molecule has 0 aliphatic carbocycles. The topological polar surface area (TPSA) is 52.3 Å². The van der Waals surface area contributed by atoms with Gasteiger partial charge in [0.25, 0.3) is 0 Å². The number of nitrogens with two attached hydrogens (primary N) is 1. The van der Waals surface area contributed by atoms with Crippen LogP contribution in [0.3, 0.4) is 0 Å². The number of ether oxygens (including phenoxy) is 1. The van der Waals surface area contributed by atoms with Gasteiger partial charge in [-0.3, -0.25) is 4.79 Å². The Balaban J connectivity index is 2.32. The number of carbonyl (C=O) groups is 1. The molecule has 2 N–H and O–H groups in total. The molecule has 0 fully saturated rings. The second-order valence-electron chi connectivity index (χ2n) is 5.27. The van der Waals surface area contributed by atoms with E-state index in [1.54, 1.807) is 0 Å². The van der Waals surface area contributed by atoms with Crippen LogP contribution < -0.4 is 5.73 Å². The van der Waals surface area contributed by atoms with Gasteiger partial charge in [-0.15, -0.1) is 0 Å². The highest BCUT2D eigenvalue weighted by Crippen LogP contribution is 2.18. The Labute approximate surface area is 122 Å². The van der Waals surface area contributed by atoms with Crippen molar-refractivity contribution in [1.29, 1.82) is 0 Å². The summed E-state index contributed by atoms with van der Waals surface area (Å²) in [6.45, 7) is 2.21. The normalized spacial score (nSPS) is 12.2. The number of methoxy groups -OCH3 is 1. The molecule has 3 heteroatoms. The quantitative estimate of drug-likeness (QED) is 0.552. The first-order valence-electron chi connectivity index (χ1n) is 7.58. The molecule has 0 amide bonds. The fourth-order valence-electron chi connectivity index (χ4n) is 2.21. The van der Waals surface area contributed by atoms with E-state index in [1.165, 1.54) is 31.1 Å². The highest BCUT2D eigenvalue weighted by molar-refractivity contribution is 5.68. The summed E-state index contributed by atoms with van der Waals surface area (Å²) in [4.78, 5) is 11.0. The number of aryl methyl sites for hydroxylation is 1. The van der Waals surface area contributed by atoms with E-state index < -0.39 is 0 Å². The lowest BCUT2D eigenvalue weighted by Crippen LogP contribution is -2.10. The smallest absolute Gasteiger partial charge is 0.305 e. The number of esters is 1. The Morgan fingerprint density at radius 1 is 1.20 bits per heavy atom. The second-order valence-corrected chi connectivity index (χ2v) is 5.27.